The van der Waals surface area contributed by atoms with Gasteiger partial charge in [0.2, 0.25) is 0 Å². The number of rotatable bonds is 5. The highest BCUT2D eigenvalue weighted by Gasteiger charge is 2.31. The minimum Gasteiger partial charge on any atom is -0.399 e. The number of ketones is 1. The number of Topliss-reactive ketones (excluding diaryl/α,β-unsaturated/α-hetero) is 1. The van der Waals surface area contributed by atoms with Crippen molar-refractivity contribution in [2.45, 2.75) is 54.4 Å². The number of nitrogen functional groups attached to an aromatic ring is 1. The maximum atomic E-state index is 12.0. The van der Waals surface area contributed by atoms with Crippen molar-refractivity contribution in [2.24, 2.45) is 16.8 Å². The standard InChI is InChI=1S/C17H25NO.C8H11N/c1-10(2)8-15-12(4)11(3)13(5)17(14(6)19)16(15)9-18-7;1-2-7-4-3-5-8(9)6-7/h9,11,13H,1,8H2,2-7H3;3-6H,2,9H2,1H3. The van der Waals surface area contributed by atoms with Gasteiger partial charge in [0.05, 0.1) is 0 Å². The van der Waals surface area contributed by atoms with Crippen molar-refractivity contribution in [3.63, 3.8) is 0 Å². The first-order valence-electron chi connectivity index (χ1n) is 9.99. The topological polar surface area (TPSA) is 55.5 Å². The number of hydrogen-bond donors (Lipinski definition) is 1. The van der Waals surface area contributed by atoms with E-state index < -0.39 is 0 Å². The van der Waals surface area contributed by atoms with Crippen LogP contribution in [0.2, 0.25) is 0 Å². The molecule has 0 spiro atoms. The molecule has 2 N–H and O–H groups in total. The second-order valence-corrected chi connectivity index (χ2v) is 7.74. The van der Waals surface area contributed by atoms with Gasteiger partial charge in [-0.1, -0.05) is 50.6 Å². The van der Waals surface area contributed by atoms with E-state index >= 15 is 0 Å². The molecule has 1 aromatic carbocycles. The molecule has 0 saturated heterocycles. The van der Waals surface area contributed by atoms with Gasteiger partial charge >= 0.3 is 0 Å². The van der Waals surface area contributed by atoms with E-state index in [-0.39, 0.29) is 11.7 Å². The lowest BCUT2D eigenvalue weighted by molar-refractivity contribution is -0.114. The second kappa shape index (κ2) is 10.8. The first kappa shape index (κ1) is 23.6. The smallest absolute Gasteiger partial charge is 0.156 e. The SMILES string of the molecule is C=C(C)CC1=C(C)C(C)C(C)C(C(C)=O)=C1C=NC.CCc1cccc(N)c1. The van der Waals surface area contributed by atoms with Crippen LogP contribution in [0.5, 0.6) is 0 Å². The minimum absolute atomic E-state index is 0.154. The van der Waals surface area contributed by atoms with Crippen LogP contribution in [-0.2, 0) is 11.2 Å². The Morgan fingerprint density at radius 2 is 1.89 bits per heavy atom. The molecule has 28 heavy (non-hydrogen) atoms. The van der Waals surface area contributed by atoms with E-state index in [1.807, 2.05) is 31.3 Å². The highest BCUT2D eigenvalue weighted by Crippen LogP contribution is 2.40. The maximum absolute atomic E-state index is 12.0. The summed E-state index contributed by atoms with van der Waals surface area (Å²) in [5.74, 6) is 0.794. The summed E-state index contributed by atoms with van der Waals surface area (Å²) in [6.45, 7) is 16.3. The number of carbonyl (C=O) groups excluding carboxylic acids is 1. The Hall–Kier alpha value is -2.42. The van der Waals surface area contributed by atoms with Crippen LogP contribution in [0.15, 0.2) is 63.7 Å². The highest BCUT2D eigenvalue weighted by molar-refractivity contribution is 6.03. The van der Waals surface area contributed by atoms with Crippen LogP contribution in [0.3, 0.4) is 0 Å². The molecule has 0 radical (unpaired) electrons. The third-order valence-electron chi connectivity index (χ3n) is 5.45. The molecule has 3 nitrogen and oxygen atoms in total. The Labute approximate surface area is 171 Å². The fourth-order valence-corrected chi connectivity index (χ4v) is 3.66. The number of allylic oxidation sites excluding steroid dienone is 5. The number of nitrogens with two attached hydrogens (primary N) is 1. The number of hydrogen-bond acceptors (Lipinski definition) is 3. The summed E-state index contributed by atoms with van der Waals surface area (Å²) in [4.78, 5) is 16.2. The van der Waals surface area contributed by atoms with E-state index in [1.54, 1.807) is 14.0 Å². The Bertz CT molecular complexity index is 812. The lowest BCUT2D eigenvalue weighted by atomic mass is 9.71. The summed E-state index contributed by atoms with van der Waals surface area (Å²) >= 11 is 0. The van der Waals surface area contributed by atoms with Gasteiger partial charge in [-0.2, -0.15) is 0 Å². The lowest BCUT2D eigenvalue weighted by Gasteiger charge is -2.32. The third kappa shape index (κ3) is 6.05. The minimum atomic E-state index is 0.154. The van der Waals surface area contributed by atoms with Gasteiger partial charge in [0.15, 0.2) is 5.78 Å². The number of anilines is 1. The molecule has 1 aromatic rings. The van der Waals surface area contributed by atoms with Gasteiger partial charge < -0.3 is 5.73 Å². The van der Waals surface area contributed by atoms with Crippen molar-refractivity contribution in [1.29, 1.82) is 0 Å². The molecule has 1 aliphatic rings. The van der Waals surface area contributed by atoms with E-state index in [0.29, 0.717) is 5.92 Å². The van der Waals surface area contributed by atoms with Crippen molar-refractivity contribution in [2.75, 3.05) is 12.8 Å². The molecule has 2 rings (SSSR count). The van der Waals surface area contributed by atoms with Crippen LogP contribution in [0.25, 0.3) is 0 Å². The fraction of sp³-hybridized carbons (Fsp3) is 0.440. The van der Waals surface area contributed by atoms with Crippen LogP contribution < -0.4 is 5.73 Å². The fourth-order valence-electron chi connectivity index (χ4n) is 3.66. The lowest BCUT2D eigenvalue weighted by Crippen LogP contribution is -2.25. The van der Waals surface area contributed by atoms with Crippen molar-refractivity contribution in [3.8, 4) is 0 Å². The van der Waals surface area contributed by atoms with E-state index in [2.05, 4.69) is 45.3 Å². The Kier molecular flexibility index (Phi) is 9.11. The predicted molar refractivity (Wildman–Crippen MR) is 123 cm³/mol. The van der Waals surface area contributed by atoms with Gasteiger partial charge in [0, 0.05) is 30.1 Å². The van der Waals surface area contributed by atoms with Gasteiger partial charge in [-0.15, -0.1) is 0 Å². The van der Waals surface area contributed by atoms with Crippen molar-refractivity contribution in [3.05, 3.63) is 64.3 Å². The number of carbonyl (C=O) groups is 1. The Morgan fingerprint density at radius 1 is 1.25 bits per heavy atom. The molecular weight excluding hydrogens is 344 g/mol. The average molecular weight is 381 g/mol. The molecule has 0 aromatic heterocycles. The van der Waals surface area contributed by atoms with E-state index in [9.17, 15) is 4.79 Å². The number of aliphatic imine (C=N–C) groups is 1. The molecule has 0 heterocycles. The largest absolute Gasteiger partial charge is 0.399 e. The molecule has 1 aliphatic carbocycles. The molecule has 2 unspecified atom stereocenters. The summed E-state index contributed by atoms with van der Waals surface area (Å²) in [5, 5.41) is 0. The zero-order valence-corrected chi connectivity index (χ0v) is 18.6. The quantitative estimate of drug-likeness (QED) is 0.388. The average Bonchev–Trinajstić information content (AvgIpc) is 2.63. The molecule has 0 amide bonds. The first-order valence-corrected chi connectivity index (χ1v) is 9.99. The molecular formula is C25H36N2O. The summed E-state index contributed by atoms with van der Waals surface area (Å²) in [5.41, 5.74) is 13.3. The molecule has 2 atom stereocenters. The van der Waals surface area contributed by atoms with Gasteiger partial charge in [-0.3, -0.25) is 9.79 Å². The van der Waals surface area contributed by atoms with Gasteiger partial charge in [-0.05, 0) is 68.7 Å². The van der Waals surface area contributed by atoms with Crippen LogP contribution >= 0.6 is 0 Å². The number of benzene rings is 1. The summed E-state index contributed by atoms with van der Waals surface area (Å²) in [6.07, 6.45) is 3.72. The number of nitrogens with zero attached hydrogens (tertiary/aromatic N) is 1. The van der Waals surface area contributed by atoms with Crippen LogP contribution in [0.1, 0.15) is 53.5 Å². The Morgan fingerprint density at radius 3 is 2.32 bits per heavy atom. The summed E-state index contributed by atoms with van der Waals surface area (Å²) < 4.78 is 0. The molecule has 0 saturated carbocycles. The first-order chi connectivity index (χ1) is 13.1. The van der Waals surface area contributed by atoms with Crippen LogP contribution in [-0.4, -0.2) is 19.0 Å². The highest BCUT2D eigenvalue weighted by atomic mass is 16.1. The molecule has 152 valence electrons. The van der Waals surface area contributed by atoms with Gasteiger partial charge in [0.1, 0.15) is 0 Å². The summed E-state index contributed by atoms with van der Waals surface area (Å²) in [6, 6.07) is 7.96. The molecule has 0 fully saturated rings. The van der Waals surface area contributed by atoms with Gasteiger partial charge in [0.25, 0.3) is 0 Å². The second-order valence-electron chi connectivity index (χ2n) is 7.74. The zero-order valence-electron chi connectivity index (χ0n) is 18.6. The molecule has 0 bridgehead atoms. The monoisotopic (exact) mass is 380 g/mol. The van der Waals surface area contributed by atoms with E-state index in [4.69, 9.17) is 5.73 Å². The maximum Gasteiger partial charge on any atom is 0.156 e. The predicted octanol–water partition coefficient (Wildman–Crippen LogP) is 5.97. The van der Waals surface area contributed by atoms with Crippen LogP contribution in [0, 0.1) is 11.8 Å². The molecule has 0 aliphatic heterocycles. The normalized spacial score (nSPS) is 19.5. The zero-order chi connectivity index (χ0) is 21.4. The van der Waals surface area contributed by atoms with E-state index in [1.165, 1.54) is 16.7 Å². The third-order valence-corrected chi connectivity index (χ3v) is 5.45. The van der Waals surface area contributed by atoms with Crippen LogP contribution in [0.4, 0.5) is 5.69 Å². The molecule has 3 heteroatoms. The summed E-state index contributed by atoms with van der Waals surface area (Å²) in [7, 11) is 1.75. The van der Waals surface area contributed by atoms with Crippen molar-refractivity contribution in [1.82, 2.24) is 0 Å². The van der Waals surface area contributed by atoms with E-state index in [0.717, 1.165) is 35.2 Å². The number of aryl methyl sites for hydroxylation is 1. The van der Waals surface area contributed by atoms with Crippen molar-refractivity contribution >= 4 is 17.7 Å². The van der Waals surface area contributed by atoms with Gasteiger partial charge in [-0.25, -0.2) is 0 Å². The Balaban J connectivity index is 0.000000362. The van der Waals surface area contributed by atoms with Crippen molar-refractivity contribution < 1.29 is 4.79 Å².